The predicted octanol–water partition coefficient (Wildman–Crippen LogP) is 5.17. The summed E-state index contributed by atoms with van der Waals surface area (Å²) in [5, 5.41) is 5.45. The van der Waals surface area contributed by atoms with Crippen molar-refractivity contribution in [2.45, 2.75) is 6.92 Å². The fourth-order valence-electron chi connectivity index (χ4n) is 2.57. The second-order valence-corrected chi connectivity index (χ2v) is 5.82. The lowest BCUT2D eigenvalue weighted by atomic mass is 10.1. The molecule has 0 fully saturated rings. The maximum Gasteiger partial charge on any atom is 0.411 e. The van der Waals surface area contributed by atoms with Crippen LogP contribution in [0.1, 0.15) is 17.3 Å². The zero-order chi connectivity index (χ0) is 19.1. The molecular weight excluding hydrogens is 340 g/mol. The molecule has 0 aromatic heterocycles. The molecule has 0 radical (unpaired) electrons. The summed E-state index contributed by atoms with van der Waals surface area (Å²) in [7, 11) is 0. The minimum absolute atomic E-state index is 0.217. The number of ether oxygens (including phenoxy) is 1. The number of hydrogen-bond acceptors (Lipinski definition) is 3. The minimum Gasteiger partial charge on any atom is -0.450 e. The lowest BCUT2D eigenvalue weighted by Gasteiger charge is -2.08. The van der Waals surface area contributed by atoms with Gasteiger partial charge in [0, 0.05) is 16.9 Å². The van der Waals surface area contributed by atoms with Gasteiger partial charge in [-0.15, -0.1) is 0 Å². The summed E-state index contributed by atoms with van der Waals surface area (Å²) in [5.41, 5.74) is 3.99. The van der Waals surface area contributed by atoms with Gasteiger partial charge < -0.3 is 10.1 Å². The van der Waals surface area contributed by atoms with Crippen LogP contribution in [-0.4, -0.2) is 18.6 Å². The van der Waals surface area contributed by atoms with Crippen LogP contribution in [0.3, 0.4) is 0 Å². The van der Waals surface area contributed by atoms with Crippen molar-refractivity contribution in [1.82, 2.24) is 0 Å². The van der Waals surface area contributed by atoms with Crippen molar-refractivity contribution in [2.24, 2.45) is 0 Å². The van der Waals surface area contributed by atoms with E-state index in [4.69, 9.17) is 4.74 Å². The van der Waals surface area contributed by atoms with Gasteiger partial charge in [-0.1, -0.05) is 42.5 Å². The monoisotopic (exact) mass is 360 g/mol. The van der Waals surface area contributed by atoms with Gasteiger partial charge >= 0.3 is 6.09 Å². The van der Waals surface area contributed by atoms with E-state index in [1.54, 1.807) is 31.2 Å². The molecule has 0 saturated carbocycles. The zero-order valence-corrected chi connectivity index (χ0v) is 14.9. The molecule has 0 heterocycles. The van der Waals surface area contributed by atoms with E-state index < -0.39 is 6.09 Å². The lowest BCUT2D eigenvalue weighted by Crippen LogP contribution is -2.14. The van der Waals surface area contributed by atoms with Crippen LogP contribution >= 0.6 is 0 Å². The summed E-state index contributed by atoms with van der Waals surface area (Å²) in [6, 6.07) is 24.3. The molecule has 0 atom stereocenters. The van der Waals surface area contributed by atoms with E-state index in [1.807, 2.05) is 54.6 Å². The Morgan fingerprint density at radius 3 is 1.93 bits per heavy atom. The quantitative estimate of drug-likeness (QED) is 0.659. The average Bonchev–Trinajstić information content (AvgIpc) is 2.70. The second kappa shape index (κ2) is 8.67. The van der Waals surface area contributed by atoms with Gasteiger partial charge in [0.2, 0.25) is 0 Å². The van der Waals surface area contributed by atoms with Gasteiger partial charge in [-0.3, -0.25) is 10.1 Å². The Labute approximate surface area is 158 Å². The van der Waals surface area contributed by atoms with Crippen LogP contribution in [0.2, 0.25) is 0 Å². The Morgan fingerprint density at radius 1 is 0.741 bits per heavy atom. The van der Waals surface area contributed by atoms with E-state index in [2.05, 4.69) is 10.6 Å². The normalized spacial score (nSPS) is 10.1. The van der Waals surface area contributed by atoms with Crippen LogP contribution in [0, 0.1) is 0 Å². The van der Waals surface area contributed by atoms with Crippen molar-refractivity contribution in [2.75, 3.05) is 17.2 Å². The van der Waals surface area contributed by atoms with E-state index in [-0.39, 0.29) is 5.91 Å². The van der Waals surface area contributed by atoms with Crippen LogP contribution in [0.25, 0.3) is 11.1 Å². The van der Waals surface area contributed by atoms with Crippen LogP contribution in [0.5, 0.6) is 0 Å². The number of hydrogen-bond donors (Lipinski definition) is 2. The Kier molecular flexibility index (Phi) is 5.84. The highest BCUT2D eigenvalue weighted by atomic mass is 16.5. The van der Waals surface area contributed by atoms with E-state index in [0.29, 0.717) is 23.5 Å². The van der Waals surface area contributed by atoms with Crippen molar-refractivity contribution in [3.05, 3.63) is 84.4 Å². The van der Waals surface area contributed by atoms with Gasteiger partial charge in [-0.25, -0.2) is 4.79 Å². The van der Waals surface area contributed by atoms with E-state index in [1.165, 1.54) is 0 Å². The first kappa shape index (κ1) is 18.2. The first-order valence-electron chi connectivity index (χ1n) is 8.66. The molecule has 5 nitrogen and oxygen atoms in total. The number of benzene rings is 3. The van der Waals surface area contributed by atoms with E-state index in [9.17, 15) is 9.59 Å². The van der Waals surface area contributed by atoms with E-state index in [0.717, 1.165) is 11.1 Å². The van der Waals surface area contributed by atoms with Gasteiger partial charge in [0.25, 0.3) is 5.91 Å². The molecule has 2 amide bonds. The molecule has 3 aromatic rings. The number of nitrogens with one attached hydrogen (secondary N) is 2. The van der Waals surface area contributed by atoms with Crippen molar-refractivity contribution >= 4 is 23.4 Å². The van der Waals surface area contributed by atoms with Crippen LogP contribution < -0.4 is 10.6 Å². The van der Waals surface area contributed by atoms with Gasteiger partial charge in [-0.2, -0.15) is 0 Å². The molecule has 0 unspecified atom stereocenters. The third-order valence-electron chi connectivity index (χ3n) is 3.92. The van der Waals surface area contributed by atoms with Crippen molar-refractivity contribution in [1.29, 1.82) is 0 Å². The molecule has 136 valence electrons. The lowest BCUT2D eigenvalue weighted by molar-refractivity contribution is 0.102. The molecule has 0 aliphatic carbocycles. The van der Waals surface area contributed by atoms with Gasteiger partial charge in [-0.05, 0) is 54.4 Å². The minimum atomic E-state index is -0.520. The van der Waals surface area contributed by atoms with Crippen molar-refractivity contribution in [3.8, 4) is 11.1 Å². The molecule has 2 N–H and O–H groups in total. The van der Waals surface area contributed by atoms with Crippen LogP contribution in [-0.2, 0) is 4.74 Å². The number of rotatable bonds is 5. The summed E-state index contributed by atoms with van der Waals surface area (Å²) in [4.78, 5) is 23.8. The maximum absolute atomic E-state index is 12.4. The van der Waals surface area contributed by atoms with Crippen LogP contribution in [0.4, 0.5) is 16.2 Å². The van der Waals surface area contributed by atoms with Gasteiger partial charge in [0.1, 0.15) is 0 Å². The molecule has 27 heavy (non-hydrogen) atoms. The molecule has 3 rings (SSSR count). The summed E-state index contributed by atoms with van der Waals surface area (Å²) < 4.78 is 4.81. The SMILES string of the molecule is CCOC(=O)Nc1ccc(C(=O)Nc2ccc(-c3ccccc3)cc2)cc1. The van der Waals surface area contributed by atoms with Crippen molar-refractivity contribution in [3.63, 3.8) is 0 Å². The molecular formula is C22H20N2O3. The number of carbonyl (C=O) groups is 2. The number of carbonyl (C=O) groups excluding carboxylic acids is 2. The second-order valence-electron chi connectivity index (χ2n) is 5.82. The van der Waals surface area contributed by atoms with Crippen LogP contribution in [0.15, 0.2) is 78.9 Å². The fourth-order valence-corrected chi connectivity index (χ4v) is 2.57. The summed E-state index contributed by atoms with van der Waals surface area (Å²) in [6.07, 6.45) is -0.520. The highest BCUT2D eigenvalue weighted by Gasteiger charge is 2.08. The Bertz CT molecular complexity index is 905. The molecule has 0 saturated heterocycles. The average molecular weight is 360 g/mol. The fraction of sp³-hybridized carbons (Fsp3) is 0.0909. The highest BCUT2D eigenvalue weighted by molar-refractivity contribution is 6.04. The zero-order valence-electron chi connectivity index (χ0n) is 14.9. The Hall–Kier alpha value is -3.60. The molecule has 0 aliphatic rings. The Morgan fingerprint density at radius 2 is 1.30 bits per heavy atom. The molecule has 3 aromatic carbocycles. The molecule has 5 heteroatoms. The summed E-state index contributed by atoms with van der Waals surface area (Å²) in [6.45, 7) is 2.04. The smallest absolute Gasteiger partial charge is 0.411 e. The molecule has 0 bridgehead atoms. The standard InChI is InChI=1S/C22H20N2O3/c1-2-27-22(26)24-20-14-10-18(11-15-20)21(25)23-19-12-8-17(9-13-19)16-6-4-3-5-7-16/h3-15H,2H2,1H3,(H,23,25)(H,24,26). The predicted molar refractivity (Wildman–Crippen MR) is 107 cm³/mol. The first-order valence-corrected chi connectivity index (χ1v) is 8.66. The molecule has 0 spiro atoms. The Balaban J connectivity index is 1.62. The largest absolute Gasteiger partial charge is 0.450 e. The summed E-state index contributed by atoms with van der Waals surface area (Å²) >= 11 is 0. The first-order chi connectivity index (χ1) is 13.2. The van der Waals surface area contributed by atoms with Crippen molar-refractivity contribution < 1.29 is 14.3 Å². The van der Waals surface area contributed by atoms with Gasteiger partial charge in [0.15, 0.2) is 0 Å². The topological polar surface area (TPSA) is 67.4 Å². The molecule has 0 aliphatic heterocycles. The number of anilines is 2. The highest BCUT2D eigenvalue weighted by Crippen LogP contribution is 2.21. The number of amides is 2. The third kappa shape index (κ3) is 4.95. The third-order valence-corrected chi connectivity index (χ3v) is 3.92. The van der Waals surface area contributed by atoms with E-state index >= 15 is 0 Å². The van der Waals surface area contributed by atoms with Gasteiger partial charge in [0.05, 0.1) is 6.61 Å². The summed E-state index contributed by atoms with van der Waals surface area (Å²) in [5.74, 6) is -0.217. The maximum atomic E-state index is 12.4.